The molecule has 0 aromatic heterocycles. The summed E-state index contributed by atoms with van der Waals surface area (Å²) in [4.78, 5) is 24.4. The van der Waals surface area contributed by atoms with Crippen molar-refractivity contribution in [3.8, 4) is 5.75 Å². The second-order valence-corrected chi connectivity index (χ2v) is 4.79. The normalized spacial score (nSPS) is 9.94. The highest BCUT2D eigenvalue weighted by Crippen LogP contribution is 2.21. The summed E-state index contributed by atoms with van der Waals surface area (Å²) in [5.41, 5.74) is 0.333. The van der Waals surface area contributed by atoms with Gasteiger partial charge in [0.25, 0.3) is 5.91 Å². The van der Waals surface area contributed by atoms with Gasteiger partial charge in [0.05, 0.1) is 10.2 Å². The van der Waals surface area contributed by atoms with E-state index in [1.54, 1.807) is 19.1 Å². The summed E-state index contributed by atoms with van der Waals surface area (Å²) in [7, 11) is 1.51. The molecule has 5 nitrogen and oxygen atoms in total. The van der Waals surface area contributed by atoms with E-state index in [0.717, 1.165) is 0 Å². The van der Waals surface area contributed by atoms with Crippen LogP contribution in [0.4, 0.5) is 0 Å². The van der Waals surface area contributed by atoms with Crippen molar-refractivity contribution >= 4 is 34.5 Å². The maximum atomic E-state index is 12.0. The van der Waals surface area contributed by atoms with E-state index in [2.05, 4.69) is 0 Å². The number of esters is 1. The third-order valence-corrected chi connectivity index (χ3v) is 3.12. The fraction of sp³-hybridized carbons (Fsp3) is 0.333. The first-order chi connectivity index (χ1) is 8.45. The smallest absolute Gasteiger partial charge is 0.325 e. The van der Waals surface area contributed by atoms with E-state index in [9.17, 15) is 14.7 Å². The topological polar surface area (TPSA) is 66.8 Å². The molecule has 1 rings (SSSR count). The Labute approximate surface area is 119 Å². The van der Waals surface area contributed by atoms with Gasteiger partial charge in [-0.05, 0) is 47.7 Å². The van der Waals surface area contributed by atoms with Gasteiger partial charge >= 0.3 is 5.97 Å². The number of hydrogen-bond acceptors (Lipinski definition) is 4. The third-order valence-electron chi connectivity index (χ3n) is 2.21. The molecule has 1 aromatic rings. The Morgan fingerprint density at radius 1 is 1.44 bits per heavy atom. The third kappa shape index (κ3) is 3.86. The SMILES string of the molecule is CCOC(=O)CN(C)C(=O)c1ccc(I)c(O)c1. The molecule has 0 saturated carbocycles. The van der Waals surface area contributed by atoms with E-state index in [1.807, 2.05) is 22.6 Å². The Balaban J connectivity index is 2.74. The standard InChI is InChI=1S/C12H14INO4/c1-3-18-11(16)7-14(2)12(17)8-4-5-9(13)10(15)6-8/h4-6,15H,3,7H2,1-2H3. The van der Waals surface area contributed by atoms with Gasteiger partial charge in [-0.1, -0.05) is 0 Å². The molecule has 6 heteroatoms. The minimum absolute atomic E-state index is 0.0472. The first kappa shape index (κ1) is 14.7. The van der Waals surface area contributed by atoms with Crippen LogP contribution in [-0.2, 0) is 9.53 Å². The van der Waals surface area contributed by atoms with Crippen LogP contribution >= 0.6 is 22.6 Å². The van der Waals surface area contributed by atoms with Gasteiger partial charge in [0.1, 0.15) is 12.3 Å². The van der Waals surface area contributed by atoms with E-state index in [0.29, 0.717) is 9.13 Å². The van der Waals surface area contributed by atoms with Crippen LogP contribution in [0.2, 0.25) is 0 Å². The minimum Gasteiger partial charge on any atom is -0.507 e. The van der Waals surface area contributed by atoms with Crippen molar-refractivity contribution in [2.75, 3.05) is 20.2 Å². The summed E-state index contributed by atoms with van der Waals surface area (Å²) in [5.74, 6) is -0.746. The molecule has 0 fully saturated rings. The van der Waals surface area contributed by atoms with E-state index < -0.39 is 5.97 Å². The molecule has 98 valence electrons. The molecule has 1 aromatic carbocycles. The quantitative estimate of drug-likeness (QED) is 0.653. The first-order valence-electron chi connectivity index (χ1n) is 5.35. The fourth-order valence-electron chi connectivity index (χ4n) is 1.34. The molecule has 18 heavy (non-hydrogen) atoms. The van der Waals surface area contributed by atoms with Crippen LogP contribution in [0.25, 0.3) is 0 Å². The maximum Gasteiger partial charge on any atom is 0.325 e. The number of nitrogens with zero attached hydrogens (tertiary/aromatic N) is 1. The summed E-state index contributed by atoms with van der Waals surface area (Å²) in [6.07, 6.45) is 0. The van der Waals surface area contributed by atoms with Gasteiger partial charge in [0, 0.05) is 12.6 Å². The molecule has 0 atom stereocenters. The van der Waals surface area contributed by atoms with Crippen LogP contribution in [0.15, 0.2) is 18.2 Å². The highest BCUT2D eigenvalue weighted by Gasteiger charge is 2.16. The summed E-state index contributed by atoms with van der Waals surface area (Å²) in [6, 6.07) is 4.62. The molecular weight excluding hydrogens is 349 g/mol. The van der Waals surface area contributed by atoms with Crippen LogP contribution in [0.1, 0.15) is 17.3 Å². The van der Waals surface area contributed by atoms with Crippen LogP contribution in [-0.4, -0.2) is 42.1 Å². The van der Waals surface area contributed by atoms with Crippen molar-refractivity contribution in [1.82, 2.24) is 4.90 Å². The van der Waals surface area contributed by atoms with E-state index >= 15 is 0 Å². The number of benzene rings is 1. The minimum atomic E-state index is -0.455. The summed E-state index contributed by atoms with van der Waals surface area (Å²) in [5, 5.41) is 9.53. The maximum absolute atomic E-state index is 12.0. The van der Waals surface area contributed by atoms with Crippen molar-refractivity contribution < 1.29 is 19.4 Å². The van der Waals surface area contributed by atoms with Gasteiger partial charge in [-0.2, -0.15) is 0 Å². The molecule has 0 saturated heterocycles. The van der Waals surface area contributed by atoms with Gasteiger partial charge in [-0.3, -0.25) is 9.59 Å². The number of phenolic OH excluding ortho intramolecular Hbond substituents is 1. The largest absolute Gasteiger partial charge is 0.507 e. The molecule has 0 aliphatic heterocycles. The zero-order valence-corrected chi connectivity index (χ0v) is 12.3. The predicted octanol–water partition coefficient (Wildman–Crippen LogP) is 1.63. The number of ether oxygens (including phenoxy) is 1. The number of amides is 1. The van der Waals surface area contributed by atoms with Crippen LogP contribution < -0.4 is 0 Å². The summed E-state index contributed by atoms with van der Waals surface area (Å²) < 4.78 is 5.42. The molecule has 1 N–H and O–H groups in total. The molecule has 0 heterocycles. The summed E-state index contributed by atoms with van der Waals surface area (Å²) in [6.45, 7) is 1.88. The predicted molar refractivity (Wildman–Crippen MR) is 74.4 cm³/mol. The number of carbonyl (C=O) groups excluding carboxylic acids is 2. The Bertz CT molecular complexity index is 461. The number of carbonyl (C=O) groups is 2. The van der Waals surface area contributed by atoms with Gasteiger partial charge in [-0.25, -0.2) is 0 Å². The zero-order valence-electron chi connectivity index (χ0n) is 10.1. The van der Waals surface area contributed by atoms with Gasteiger partial charge in [0.2, 0.25) is 0 Å². The number of aromatic hydroxyl groups is 1. The lowest BCUT2D eigenvalue weighted by molar-refractivity contribution is -0.143. The van der Waals surface area contributed by atoms with Gasteiger partial charge < -0.3 is 14.7 Å². The average Bonchev–Trinajstić information content (AvgIpc) is 2.32. The Kier molecular flexibility index (Phi) is 5.39. The highest BCUT2D eigenvalue weighted by molar-refractivity contribution is 14.1. The van der Waals surface area contributed by atoms with Crippen LogP contribution in [0, 0.1) is 3.57 Å². The van der Waals surface area contributed by atoms with Crippen molar-refractivity contribution in [1.29, 1.82) is 0 Å². The number of halogens is 1. The van der Waals surface area contributed by atoms with Gasteiger partial charge in [-0.15, -0.1) is 0 Å². The second-order valence-electron chi connectivity index (χ2n) is 3.63. The Morgan fingerprint density at radius 2 is 2.11 bits per heavy atom. The fourth-order valence-corrected chi connectivity index (χ4v) is 1.67. The van der Waals surface area contributed by atoms with Crippen LogP contribution in [0.3, 0.4) is 0 Å². The molecule has 1 amide bonds. The number of hydrogen-bond donors (Lipinski definition) is 1. The zero-order chi connectivity index (χ0) is 13.7. The number of rotatable bonds is 4. The molecule has 0 radical (unpaired) electrons. The number of likely N-dealkylation sites (N-methyl/N-ethyl adjacent to an activating group) is 1. The molecule has 0 spiro atoms. The summed E-state index contributed by atoms with van der Waals surface area (Å²) >= 11 is 1.96. The lowest BCUT2D eigenvalue weighted by Crippen LogP contribution is -2.33. The van der Waals surface area contributed by atoms with Gasteiger partial charge in [0.15, 0.2) is 0 Å². The molecule has 0 aliphatic rings. The van der Waals surface area contributed by atoms with Crippen molar-refractivity contribution in [2.24, 2.45) is 0 Å². The Morgan fingerprint density at radius 3 is 2.67 bits per heavy atom. The van der Waals surface area contributed by atoms with E-state index in [-0.39, 0.29) is 24.8 Å². The van der Waals surface area contributed by atoms with E-state index in [4.69, 9.17) is 4.74 Å². The average molecular weight is 363 g/mol. The Hall–Kier alpha value is -1.31. The van der Waals surface area contributed by atoms with E-state index in [1.165, 1.54) is 18.0 Å². The molecule has 0 bridgehead atoms. The first-order valence-corrected chi connectivity index (χ1v) is 6.43. The van der Waals surface area contributed by atoms with Crippen molar-refractivity contribution in [2.45, 2.75) is 6.92 Å². The lowest BCUT2D eigenvalue weighted by atomic mass is 10.2. The van der Waals surface area contributed by atoms with Crippen LogP contribution in [0.5, 0.6) is 5.75 Å². The van der Waals surface area contributed by atoms with Crippen molar-refractivity contribution in [3.63, 3.8) is 0 Å². The monoisotopic (exact) mass is 363 g/mol. The molecular formula is C12H14INO4. The second kappa shape index (κ2) is 6.58. The lowest BCUT2D eigenvalue weighted by Gasteiger charge is -2.16. The van der Waals surface area contributed by atoms with Crippen molar-refractivity contribution in [3.05, 3.63) is 27.3 Å². The molecule has 0 unspecified atom stereocenters. The number of phenols is 1. The molecule has 0 aliphatic carbocycles. The highest BCUT2D eigenvalue weighted by atomic mass is 127.